The molecule has 1 heterocycles. The van der Waals surface area contributed by atoms with Crippen LogP contribution in [0.15, 0.2) is 34.9 Å². The molecule has 94 valence electrons. The summed E-state index contributed by atoms with van der Waals surface area (Å²) in [5, 5.41) is 12.1. The van der Waals surface area contributed by atoms with Crippen LogP contribution in [0.5, 0.6) is 0 Å². The molecule has 0 aliphatic carbocycles. The van der Waals surface area contributed by atoms with Gasteiger partial charge in [-0.25, -0.2) is 4.79 Å². The minimum absolute atomic E-state index is 0.108. The van der Waals surface area contributed by atoms with E-state index < -0.39 is 5.97 Å². The van der Waals surface area contributed by atoms with Gasteiger partial charge in [0.25, 0.3) is 0 Å². The van der Waals surface area contributed by atoms with E-state index in [2.05, 4.69) is 5.32 Å². The lowest BCUT2D eigenvalue weighted by Gasteiger charge is -2.10. The monoisotopic (exact) mass is 246 g/mol. The third-order valence-corrected chi connectivity index (χ3v) is 2.66. The number of hydrogen-bond donors (Lipinski definition) is 3. The van der Waals surface area contributed by atoms with E-state index in [1.165, 1.54) is 6.07 Å². The average Bonchev–Trinajstić information content (AvgIpc) is 2.83. The van der Waals surface area contributed by atoms with E-state index in [1.807, 2.05) is 12.1 Å². The number of furan rings is 1. The lowest BCUT2D eigenvalue weighted by molar-refractivity contribution is 0.0698. The van der Waals surface area contributed by atoms with Crippen LogP contribution in [0.25, 0.3) is 0 Å². The van der Waals surface area contributed by atoms with Crippen LogP contribution in [0.3, 0.4) is 0 Å². The van der Waals surface area contributed by atoms with Crippen molar-refractivity contribution in [2.75, 3.05) is 11.1 Å². The highest BCUT2D eigenvalue weighted by atomic mass is 16.4. The number of nitrogen functional groups attached to an aromatic ring is 1. The van der Waals surface area contributed by atoms with Gasteiger partial charge in [-0.3, -0.25) is 0 Å². The molecule has 5 heteroatoms. The highest BCUT2D eigenvalue weighted by molar-refractivity contribution is 5.95. The van der Waals surface area contributed by atoms with E-state index in [4.69, 9.17) is 15.3 Å². The van der Waals surface area contributed by atoms with E-state index in [1.54, 1.807) is 19.3 Å². The van der Waals surface area contributed by atoms with Crippen LogP contribution in [-0.4, -0.2) is 11.1 Å². The normalized spacial score (nSPS) is 10.3. The zero-order chi connectivity index (χ0) is 13.1. The molecule has 0 aliphatic heterocycles. The minimum atomic E-state index is -1.03. The SMILES string of the molecule is Cc1cc(NCc2ccco2)cc(C(=O)O)c1N. The average molecular weight is 246 g/mol. The molecule has 0 fully saturated rings. The molecule has 4 N–H and O–H groups in total. The standard InChI is InChI=1S/C13H14N2O3/c1-8-5-9(6-11(12(8)14)13(16)17)15-7-10-3-2-4-18-10/h2-6,15H,7,14H2,1H3,(H,16,17). The van der Waals surface area contributed by atoms with Gasteiger partial charge < -0.3 is 20.6 Å². The highest BCUT2D eigenvalue weighted by Crippen LogP contribution is 2.23. The van der Waals surface area contributed by atoms with Crippen LogP contribution in [0, 0.1) is 6.92 Å². The molecule has 0 atom stereocenters. The van der Waals surface area contributed by atoms with Crippen LogP contribution in [0.1, 0.15) is 21.7 Å². The van der Waals surface area contributed by atoms with E-state index in [0.29, 0.717) is 17.9 Å². The Hall–Kier alpha value is -2.43. The number of carbonyl (C=O) groups is 1. The van der Waals surface area contributed by atoms with Crippen LogP contribution >= 0.6 is 0 Å². The van der Waals surface area contributed by atoms with Gasteiger partial charge in [0.2, 0.25) is 0 Å². The van der Waals surface area contributed by atoms with Crippen molar-refractivity contribution in [1.82, 2.24) is 0 Å². The molecule has 0 radical (unpaired) electrons. The zero-order valence-corrected chi connectivity index (χ0v) is 9.93. The van der Waals surface area contributed by atoms with E-state index >= 15 is 0 Å². The van der Waals surface area contributed by atoms with E-state index in [9.17, 15) is 4.79 Å². The Morgan fingerprint density at radius 1 is 1.50 bits per heavy atom. The van der Waals surface area contributed by atoms with Gasteiger partial charge in [-0.15, -0.1) is 0 Å². The molecule has 5 nitrogen and oxygen atoms in total. The quantitative estimate of drug-likeness (QED) is 0.721. The second-order valence-corrected chi connectivity index (χ2v) is 3.99. The number of aromatic carboxylic acids is 1. The second-order valence-electron chi connectivity index (χ2n) is 3.99. The topological polar surface area (TPSA) is 88.5 Å². The van der Waals surface area contributed by atoms with Gasteiger partial charge in [0.1, 0.15) is 5.76 Å². The van der Waals surface area contributed by atoms with E-state index in [-0.39, 0.29) is 5.56 Å². The van der Waals surface area contributed by atoms with Crippen LogP contribution in [0.4, 0.5) is 11.4 Å². The number of benzene rings is 1. The first-order valence-corrected chi connectivity index (χ1v) is 5.47. The summed E-state index contributed by atoms with van der Waals surface area (Å²) in [6, 6.07) is 6.97. The lowest BCUT2D eigenvalue weighted by Crippen LogP contribution is -2.07. The van der Waals surface area contributed by atoms with Crippen LogP contribution in [0.2, 0.25) is 0 Å². The third-order valence-electron chi connectivity index (χ3n) is 2.66. The molecular weight excluding hydrogens is 232 g/mol. The first kappa shape index (κ1) is 12.0. The fourth-order valence-corrected chi connectivity index (χ4v) is 1.68. The summed E-state index contributed by atoms with van der Waals surface area (Å²) in [5.41, 5.74) is 7.56. The van der Waals surface area contributed by atoms with Crippen molar-refractivity contribution in [3.05, 3.63) is 47.4 Å². The van der Waals surface area contributed by atoms with Gasteiger partial charge in [0.05, 0.1) is 18.4 Å². The Balaban J connectivity index is 2.21. The Bertz CT molecular complexity index is 562. The molecule has 2 rings (SSSR count). The van der Waals surface area contributed by atoms with Crippen LogP contribution in [-0.2, 0) is 6.54 Å². The first-order valence-electron chi connectivity index (χ1n) is 5.47. The molecule has 1 aromatic carbocycles. The molecule has 0 unspecified atom stereocenters. The number of nitrogens with two attached hydrogens (primary N) is 1. The molecule has 1 aromatic heterocycles. The molecular formula is C13H14N2O3. The Morgan fingerprint density at radius 2 is 2.28 bits per heavy atom. The van der Waals surface area contributed by atoms with Gasteiger partial charge in [0.15, 0.2) is 0 Å². The Kier molecular flexibility index (Phi) is 3.23. The number of hydrogen-bond acceptors (Lipinski definition) is 4. The smallest absolute Gasteiger partial charge is 0.337 e. The van der Waals surface area contributed by atoms with Gasteiger partial charge >= 0.3 is 5.97 Å². The van der Waals surface area contributed by atoms with Gasteiger partial charge in [-0.1, -0.05) is 0 Å². The minimum Gasteiger partial charge on any atom is -0.478 e. The van der Waals surface area contributed by atoms with Gasteiger partial charge in [-0.05, 0) is 36.8 Å². The third kappa shape index (κ3) is 2.45. The summed E-state index contributed by atoms with van der Waals surface area (Å²) in [6.45, 7) is 2.27. The molecule has 0 spiro atoms. The summed E-state index contributed by atoms with van der Waals surface area (Å²) >= 11 is 0. The number of carboxylic acids is 1. The van der Waals surface area contributed by atoms with E-state index in [0.717, 1.165) is 11.3 Å². The summed E-state index contributed by atoms with van der Waals surface area (Å²) in [7, 11) is 0. The maximum atomic E-state index is 11.0. The fraction of sp³-hybridized carbons (Fsp3) is 0.154. The molecule has 0 saturated heterocycles. The van der Waals surface area contributed by atoms with Crippen LogP contribution < -0.4 is 11.1 Å². The fourth-order valence-electron chi connectivity index (χ4n) is 1.68. The number of carboxylic acid groups (broad SMARTS) is 1. The van der Waals surface area contributed by atoms with Crippen molar-refractivity contribution in [3.63, 3.8) is 0 Å². The number of nitrogens with one attached hydrogen (secondary N) is 1. The van der Waals surface area contributed by atoms with Crippen molar-refractivity contribution in [2.45, 2.75) is 13.5 Å². The molecule has 2 aromatic rings. The first-order chi connectivity index (χ1) is 8.58. The Labute approximate surface area is 104 Å². The van der Waals surface area contributed by atoms with Gasteiger partial charge in [-0.2, -0.15) is 0 Å². The maximum Gasteiger partial charge on any atom is 0.337 e. The molecule has 18 heavy (non-hydrogen) atoms. The van der Waals surface area contributed by atoms with Crippen molar-refractivity contribution in [3.8, 4) is 0 Å². The summed E-state index contributed by atoms with van der Waals surface area (Å²) < 4.78 is 5.18. The predicted octanol–water partition coefficient (Wildman–Crippen LogP) is 2.48. The number of anilines is 2. The summed E-state index contributed by atoms with van der Waals surface area (Å²) in [4.78, 5) is 11.0. The van der Waals surface area contributed by atoms with Gasteiger partial charge in [0, 0.05) is 11.4 Å². The predicted molar refractivity (Wildman–Crippen MR) is 68.6 cm³/mol. The summed E-state index contributed by atoms with van der Waals surface area (Å²) in [5.74, 6) is -0.251. The summed E-state index contributed by atoms with van der Waals surface area (Å²) in [6.07, 6.45) is 1.59. The van der Waals surface area contributed by atoms with Crippen molar-refractivity contribution in [1.29, 1.82) is 0 Å². The molecule has 0 bridgehead atoms. The van der Waals surface area contributed by atoms with Crippen molar-refractivity contribution >= 4 is 17.3 Å². The molecule has 0 saturated carbocycles. The second kappa shape index (κ2) is 4.83. The molecule has 0 aliphatic rings. The van der Waals surface area contributed by atoms with Crippen molar-refractivity contribution in [2.24, 2.45) is 0 Å². The van der Waals surface area contributed by atoms with Crippen molar-refractivity contribution < 1.29 is 14.3 Å². The maximum absolute atomic E-state index is 11.0. The Morgan fingerprint density at radius 3 is 2.89 bits per heavy atom. The number of rotatable bonds is 4. The lowest BCUT2D eigenvalue weighted by atomic mass is 10.1. The zero-order valence-electron chi connectivity index (χ0n) is 9.93. The number of aryl methyl sites for hydroxylation is 1. The molecule has 0 amide bonds. The largest absolute Gasteiger partial charge is 0.478 e. The highest BCUT2D eigenvalue weighted by Gasteiger charge is 2.11.